The first-order valence-electron chi connectivity index (χ1n) is 8.23. The molecule has 0 saturated heterocycles. The van der Waals surface area contributed by atoms with Gasteiger partial charge in [-0.15, -0.1) is 0 Å². The number of amides is 1. The van der Waals surface area contributed by atoms with E-state index in [4.69, 9.17) is 10.2 Å². The van der Waals surface area contributed by atoms with E-state index in [1.807, 2.05) is 40.8 Å². The fourth-order valence-electron chi connectivity index (χ4n) is 2.13. The van der Waals surface area contributed by atoms with Crippen molar-refractivity contribution in [2.45, 2.75) is 63.6 Å². The van der Waals surface area contributed by atoms with Crippen LogP contribution in [0.3, 0.4) is 0 Å². The van der Waals surface area contributed by atoms with Crippen LogP contribution < -0.4 is 5.73 Å². The maximum atomic E-state index is 12.3. The molecule has 2 unspecified atom stereocenters. The molecule has 0 saturated carbocycles. The zero-order valence-electron chi connectivity index (χ0n) is 16.2. The topological polar surface area (TPSA) is 99.4 Å². The molecule has 1 rings (SSSR count). The lowest BCUT2D eigenvalue weighted by molar-refractivity contribution is -0.125. The number of nitrogens with zero attached hydrogens (tertiary/aromatic N) is 1. The van der Waals surface area contributed by atoms with Crippen molar-refractivity contribution in [3.63, 3.8) is 0 Å². The number of hydrogen-bond donors (Lipinski definition) is 1. The van der Waals surface area contributed by atoms with Crippen molar-refractivity contribution < 1.29 is 17.6 Å². The third kappa shape index (κ3) is 5.90. The van der Waals surface area contributed by atoms with E-state index in [1.54, 1.807) is 18.3 Å². The third-order valence-electron chi connectivity index (χ3n) is 4.77. The van der Waals surface area contributed by atoms with Gasteiger partial charge in [0, 0.05) is 18.9 Å². The molecule has 0 aliphatic heterocycles. The SMILES string of the molecule is Cc1ccc(C(CC(O[Si](C)(C)C(C)(C)C)C(N)=O)S(C)(=O)=O)nc1. The van der Waals surface area contributed by atoms with E-state index in [9.17, 15) is 13.2 Å². The normalized spacial score (nSPS) is 15.6. The second kappa shape index (κ2) is 7.55. The van der Waals surface area contributed by atoms with Gasteiger partial charge in [0.1, 0.15) is 11.4 Å². The summed E-state index contributed by atoms with van der Waals surface area (Å²) >= 11 is 0. The van der Waals surface area contributed by atoms with Gasteiger partial charge in [0.05, 0.1) is 5.69 Å². The van der Waals surface area contributed by atoms with Crippen LogP contribution in [-0.4, -0.2) is 40.0 Å². The van der Waals surface area contributed by atoms with Crippen LogP contribution in [0.5, 0.6) is 0 Å². The van der Waals surface area contributed by atoms with Crippen LogP contribution in [0.15, 0.2) is 18.3 Å². The summed E-state index contributed by atoms with van der Waals surface area (Å²) in [6, 6.07) is 3.47. The molecule has 0 aliphatic carbocycles. The Hall–Kier alpha value is -1.25. The number of aromatic nitrogens is 1. The largest absolute Gasteiger partial charge is 0.405 e. The first-order chi connectivity index (χ1) is 11.1. The lowest BCUT2D eigenvalue weighted by Crippen LogP contribution is -2.48. The Balaban J connectivity index is 3.19. The molecule has 1 aromatic heterocycles. The fraction of sp³-hybridized carbons (Fsp3) is 0.647. The first-order valence-corrected chi connectivity index (χ1v) is 13.1. The number of nitrogens with two attached hydrogens (primary N) is 1. The van der Waals surface area contributed by atoms with Crippen LogP contribution in [0, 0.1) is 6.92 Å². The predicted molar refractivity (Wildman–Crippen MR) is 102 cm³/mol. The second-order valence-electron chi connectivity index (χ2n) is 8.08. The van der Waals surface area contributed by atoms with E-state index >= 15 is 0 Å². The molecule has 0 aromatic carbocycles. The van der Waals surface area contributed by atoms with Crippen molar-refractivity contribution in [1.29, 1.82) is 0 Å². The van der Waals surface area contributed by atoms with Gasteiger partial charge in [0.2, 0.25) is 5.91 Å². The van der Waals surface area contributed by atoms with E-state index < -0.39 is 35.4 Å². The highest BCUT2D eigenvalue weighted by Gasteiger charge is 2.42. The van der Waals surface area contributed by atoms with Gasteiger partial charge in [-0.05, 0) is 36.7 Å². The molecule has 0 radical (unpaired) electrons. The standard InChI is InChI=1S/C17H30N2O4SSi/c1-12-8-9-13(19-11-12)15(24(5,21)22)10-14(16(18)20)23-25(6,7)17(2,3)4/h8-9,11,14-15H,10H2,1-7H3,(H2,18,20). The Morgan fingerprint density at radius 1 is 1.32 bits per heavy atom. The average molecular weight is 387 g/mol. The minimum absolute atomic E-state index is 0.0310. The van der Waals surface area contributed by atoms with Crippen molar-refractivity contribution >= 4 is 24.1 Å². The minimum Gasteiger partial charge on any atom is -0.405 e. The first kappa shape index (κ1) is 21.8. The molecule has 0 bridgehead atoms. The number of carbonyl (C=O) groups is 1. The molecule has 142 valence electrons. The van der Waals surface area contributed by atoms with Gasteiger partial charge in [-0.3, -0.25) is 9.78 Å². The number of rotatable bonds is 7. The van der Waals surface area contributed by atoms with Gasteiger partial charge < -0.3 is 10.2 Å². The third-order valence-corrected chi connectivity index (χ3v) is 10.7. The Labute approximate surface area is 152 Å². The highest BCUT2D eigenvalue weighted by Crippen LogP contribution is 2.38. The monoisotopic (exact) mass is 386 g/mol. The van der Waals surface area contributed by atoms with Crippen LogP contribution in [0.2, 0.25) is 18.1 Å². The van der Waals surface area contributed by atoms with Gasteiger partial charge >= 0.3 is 0 Å². The van der Waals surface area contributed by atoms with E-state index in [2.05, 4.69) is 4.98 Å². The van der Waals surface area contributed by atoms with Gasteiger partial charge in [-0.1, -0.05) is 26.8 Å². The van der Waals surface area contributed by atoms with Crippen LogP contribution in [-0.2, 0) is 19.1 Å². The van der Waals surface area contributed by atoms with Gasteiger partial charge in [0.25, 0.3) is 0 Å². The Kier molecular flexibility index (Phi) is 6.58. The number of sulfone groups is 1. The molecule has 1 heterocycles. The van der Waals surface area contributed by atoms with Gasteiger partial charge in [-0.2, -0.15) is 0 Å². The van der Waals surface area contributed by atoms with Crippen molar-refractivity contribution in [1.82, 2.24) is 4.98 Å². The summed E-state index contributed by atoms with van der Waals surface area (Å²) in [6.45, 7) is 12.0. The molecule has 8 heteroatoms. The van der Waals surface area contributed by atoms with E-state index in [1.165, 1.54) is 0 Å². The minimum atomic E-state index is -3.49. The van der Waals surface area contributed by atoms with Gasteiger partial charge in [-0.25, -0.2) is 8.42 Å². The van der Waals surface area contributed by atoms with Crippen molar-refractivity contribution in [3.05, 3.63) is 29.6 Å². The van der Waals surface area contributed by atoms with Crippen LogP contribution >= 0.6 is 0 Å². The zero-order valence-corrected chi connectivity index (χ0v) is 18.0. The number of carbonyl (C=O) groups excluding carboxylic acids is 1. The van der Waals surface area contributed by atoms with Crippen LogP contribution in [0.4, 0.5) is 0 Å². The summed E-state index contributed by atoms with van der Waals surface area (Å²) in [5.41, 5.74) is 6.86. The molecule has 0 spiro atoms. The summed E-state index contributed by atoms with van der Waals surface area (Å²) in [4.78, 5) is 16.2. The average Bonchev–Trinajstić information content (AvgIpc) is 2.41. The van der Waals surface area contributed by atoms with E-state index in [0.29, 0.717) is 5.69 Å². The fourth-order valence-corrected chi connectivity index (χ4v) is 4.51. The Bertz CT molecular complexity index is 709. The number of aryl methyl sites for hydroxylation is 1. The molecule has 1 aromatic rings. The highest BCUT2D eigenvalue weighted by molar-refractivity contribution is 7.90. The molecular formula is C17H30N2O4SSi. The lowest BCUT2D eigenvalue weighted by atomic mass is 10.1. The molecule has 1 amide bonds. The maximum absolute atomic E-state index is 12.3. The van der Waals surface area contributed by atoms with Crippen LogP contribution in [0.25, 0.3) is 0 Å². The molecule has 0 aliphatic rings. The summed E-state index contributed by atoms with van der Waals surface area (Å²) in [6.07, 6.45) is 1.76. The zero-order chi connectivity index (χ0) is 19.6. The van der Waals surface area contributed by atoms with Crippen molar-refractivity contribution in [2.75, 3.05) is 6.26 Å². The quantitative estimate of drug-likeness (QED) is 0.726. The molecule has 6 nitrogen and oxygen atoms in total. The van der Waals surface area contributed by atoms with Crippen molar-refractivity contribution in [3.8, 4) is 0 Å². The molecule has 0 fully saturated rings. The lowest BCUT2D eigenvalue weighted by Gasteiger charge is -2.39. The summed E-state index contributed by atoms with van der Waals surface area (Å²) in [5.74, 6) is -0.648. The number of primary amides is 1. The van der Waals surface area contributed by atoms with Crippen molar-refractivity contribution in [2.24, 2.45) is 5.73 Å². The number of hydrogen-bond acceptors (Lipinski definition) is 5. The molecular weight excluding hydrogens is 356 g/mol. The van der Waals surface area contributed by atoms with Crippen LogP contribution in [0.1, 0.15) is 43.7 Å². The molecule has 2 N–H and O–H groups in total. The predicted octanol–water partition coefficient (Wildman–Crippen LogP) is 2.74. The number of pyridine rings is 1. The molecule has 25 heavy (non-hydrogen) atoms. The summed E-state index contributed by atoms with van der Waals surface area (Å²) in [7, 11) is -5.77. The highest BCUT2D eigenvalue weighted by atomic mass is 32.2. The summed E-state index contributed by atoms with van der Waals surface area (Å²) in [5, 5.41) is -1.06. The van der Waals surface area contributed by atoms with E-state index in [0.717, 1.165) is 11.8 Å². The second-order valence-corrected chi connectivity index (χ2v) is 15.1. The van der Waals surface area contributed by atoms with Gasteiger partial charge in [0.15, 0.2) is 18.2 Å². The Morgan fingerprint density at radius 2 is 1.88 bits per heavy atom. The smallest absolute Gasteiger partial charge is 0.245 e. The summed E-state index contributed by atoms with van der Waals surface area (Å²) < 4.78 is 30.7. The Morgan fingerprint density at radius 3 is 2.24 bits per heavy atom. The van der Waals surface area contributed by atoms with E-state index in [-0.39, 0.29) is 11.5 Å². The maximum Gasteiger partial charge on any atom is 0.245 e. The molecule has 2 atom stereocenters.